The fourth-order valence-electron chi connectivity index (χ4n) is 3.47. The molecule has 3 rings (SSSR count). The van der Waals surface area contributed by atoms with Crippen LogP contribution in [0.4, 0.5) is 0 Å². The molecule has 2 unspecified atom stereocenters. The molecule has 0 radical (unpaired) electrons. The molecule has 0 aromatic heterocycles. The summed E-state index contributed by atoms with van der Waals surface area (Å²) in [6.07, 6.45) is 3.07. The number of hydrogen-bond acceptors (Lipinski definition) is 0. The minimum Gasteiger partial charge on any atom is -0.0625 e. The van der Waals surface area contributed by atoms with Crippen molar-refractivity contribution in [3.63, 3.8) is 0 Å². The maximum Gasteiger partial charge on any atom is -0.0329 e. The van der Waals surface area contributed by atoms with E-state index < -0.39 is 0 Å². The normalized spacial score (nSPS) is 51.6. The van der Waals surface area contributed by atoms with Gasteiger partial charge in [-0.3, -0.25) is 0 Å². The molecule has 0 heteroatoms. The highest BCUT2D eigenvalue weighted by Crippen LogP contribution is 2.60. The fraction of sp³-hybridized carbons (Fsp3) is 1.00. The summed E-state index contributed by atoms with van der Waals surface area (Å²) < 4.78 is 0. The predicted octanol–water partition coefficient (Wildman–Crippen LogP) is 2.93. The van der Waals surface area contributed by atoms with E-state index in [-0.39, 0.29) is 0 Å². The quantitative estimate of drug-likeness (QED) is 0.522. The van der Waals surface area contributed by atoms with Crippen molar-refractivity contribution in [1.82, 2.24) is 0 Å². The minimum absolute atomic E-state index is 0.952. The standard InChI is InChI=1S/C10H18/c1-6(2)10-8-4-5-9(10)7(8)3/h6-10H,4-5H2,1-3H3. The molecule has 0 heterocycles. The Labute approximate surface area is 64.0 Å². The van der Waals surface area contributed by atoms with E-state index in [1.807, 2.05) is 0 Å². The average molecular weight is 138 g/mol. The van der Waals surface area contributed by atoms with Crippen LogP contribution in [0.2, 0.25) is 0 Å². The van der Waals surface area contributed by atoms with E-state index >= 15 is 0 Å². The molecule has 10 heavy (non-hydrogen) atoms. The van der Waals surface area contributed by atoms with Crippen molar-refractivity contribution in [1.29, 1.82) is 0 Å². The van der Waals surface area contributed by atoms with Gasteiger partial charge in [-0.05, 0) is 42.4 Å². The van der Waals surface area contributed by atoms with Gasteiger partial charge < -0.3 is 0 Å². The molecular weight excluding hydrogens is 120 g/mol. The van der Waals surface area contributed by atoms with E-state index in [0.717, 1.165) is 29.6 Å². The van der Waals surface area contributed by atoms with E-state index in [1.165, 1.54) is 12.8 Å². The lowest BCUT2D eigenvalue weighted by atomic mass is 9.60. The van der Waals surface area contributed by atoms with E-state index in [9.17, 15) is 0 Å². The molecule has 0 spiro atoms. The van der Waals surface area contributed by atoms with Crippen LogP contribution in [0, 0.1) is 29.6 Å². The van der Waals surface area contributed by atoms with Gasteiger partial charge >= 0.3 is 0 Å². The Hall–Kier alpha value is 0. The first-order chi connectivity index (χ1) is 4.72. The smallest absolute Gasteiger partial charge is 0.0329 e. The molecule has 2 atom stereocenters. The molecule has 0 saturated heterocycles. The summed E-state index contributed by atoms with van der Waals surface area (Å²) >= 11 is 0. The molecular formula is C10H18. The third kappa shape index (κ3) is 0.627. The Balaban J connectivity index is 2.06. The molecule has 3 aliphatic rings. The van der Waals surface area contributed by atoms with Crippen molar-refractivity contribution < 1.29 is 0 Å². The Bertz CT molecular complexity index is 125. The lowest BCUT2D eigenvalue weighted by molar-refractivity contribution is 0.0269. The molecule has 0 aliphatic heterocycles. The maximum absolute atomic E-state index is 2.45. The van der Waals surface area contributed by atoms with Crippen molar-refractivity contribution >= 4 is 0 Å². The number of hydrogen-bond donors (Lipinski definition) is 0. The summed E-state index contributed by atoms with van der Waals surface area (Å²) in [6.45, 7) is 7.23. The summed E-state index contributed by atoms with van der Waals surface area (Å²) in [5.41, 5.74) is 0. The van der Waals surface area contributed by atoms with Gasteiger partial charge in [0.15, 0.2) is 0 Å². The minimum atomic E-state index is 0.952. The lowest BCUT2D eigenvalue weighted by Gasteiger charge is -2.45. The van der Waals surface area contributed by atoms with Crippen molar-refractivity contribution in [2.45, 2.75) is 33.6 Å². The van der Waals surface area contributed by atoms with Crippen molar-refractivity contribution in [3.05, 3.63) is 0 Å². The summed E-state index contributed by atoms with van der Waals surface area (Å²) in [5, 5.41) is 0. The van der Waals surface area contributed by atoms with Crippen LogP contribution in [0.25, 0.3) is 0 Å². The Morgan fingerprint density at radius 2 is 1.60 bits per heavy atom. The summed E-state index contributed by atoms with van der Waals surface area (Å²) in [6, 6.07) is 0. The maximum atomic E-state index is 2.45. The highest BCUT2D eigenvalue weighted by Gasteiger charge is 2.53. The molecule has 58 valence electrons. The van der Waals surface area contributed by atoms with Crippen LogP contribution in [0.3, 0.4) is 0 Å². The van der Waals surface area contributed by atoms with Gasteiger partial charge in [0.1, 0.15) is 0 Å². The zero-order valence-corrected chi connectivity index (χ0v) is 7.30. The van der Waals surface area contributed by atoms with E-state index in [1.54, 1.807) is 0 Å². The van der Waals surface area contributed by atoms with Gasteiger partial charge in [-0.1, -0.05) is 20.8 Å². The number of fused-ring (bicyclic) bond motifs is 1. The SMILES string of the molecule is CC(C)C1C2CCC1C2C. The van der Waals surface area contributed by atoms with Gasteiger partial charge in [0.2, 0.25) is 0 Å². The monoisotopic (exact) mass is 138 g/mol. The third-order valence-corrected chi connectivity index (χ3v) is 3.94. The molecule has 2 bridgehead atoms. The molecule has 0 aromatic rings. The fourth-order valence-corrected chi connectivity index (χ4v) is 3.47. The van der Waals surface area contributed by atoms with E-state index in [0.29, 0.717) is 0 Å². The second-order valence-corrected chi connectivity index (χ2v) is 4.59. The van der Waals surface area contributed by atoms with Crippen molar-refractivity contribution in [2.75, 3.05) is 0 Å². The lowest BCUT2D eigenvalue weighted by Crippen LogP contribution is -2.40. The van der Waals surface area contributed by atoms with Gasteiger partial charge in [-0.2, -0.15) is 0 Å². The first-order valence-electron chi connectivity index (χ1n) is 4.72. The van der Waals surface area contributed by atoms with Gasteiger partial charge in [-0.25, -0.2) is 0 Å². The Morgan fingerprint density at radius 3 is 1.80 bits per heavy atom. The molecule has 0 N–H and O–H groups in total. The third-order valence-electron chi connectivity index (χ3n) is 3.94. The second kappa shape index (κ2) is 1.99. The Morgan fingerprint density at radius 1 is 1.10 bits per heavy atom. The predicted molar refractivity (Wildman–Crippen MR) is 43.7 cm³/mol. The van der Waals surface area contributed by atoms with Gasteiger partial charge in [-0.15, -0.1) is 0 Å². The topological polar surface area (TPSA) is 0 Å². The van der Waals surface area contributed by atoms with Crippen LogP contribution in [0.15, 0.2) is 0 Å². The first kappa shape index (κ1) is 6.69. The van der Waals surface area contributed by atoms with Crippen LogP contribution < -0.4 is 0 Å². The molecule has 0 aromatic carbocycles. The molecule has 3 saturated carbocycles. The van der Waals surface area contributed by atoms with Crippen LogP contribution in [0.5, 0.6) is 0 Å². The van der Waals surface area contributed by atoms with Crippen LogP contribution in [-0.2, 0) is 0 Å². The van der Waals surface area contributed by atoms with Crippen molar-refractivity contribution in [3.8, 4) is 0 Å². The molecule has 3 aliphatic carbocycles. The van der Waals surface area contributed by atoms with Gasteiger partial charge in [0.25, 0.3) is 0 Å². The zero-order valence-electron chi connectivity index (χ0n) is 7.30. The largest absolute Gasteiger partial charge is 0.0625 e. The van der Waals surface area contributed by atoms with Crippen molar-refractivity contribution in [2.24, 2.45) is 29.6 Å². The summed E-state index contributed by atoms with van der Waals surface area (Å²) in [4.78, 5) is 0. The van der Waals surface area contributed by atoms with E-state index in [2.05, 4.69) is 20.8 Å². The zero-order chi connectivity index (χ0) is 7.30. The first-order valence-corrected chi connectivity index (χ1v) is 4.72. The molecule has 0 amide bonds. The summed E-state index contributed by atoms with van der Waals surface area (Å²) in [7, 11) is 0. The van der Waals surface area contributed by atoms with Crippen LogP contribution >= 0.6 is 0 Å². The van der Waals surface area contributed by atoms with Crippen LogP contribution in [-0.4, -0.2) is 0 Å². The molecule has 3 fully saturated rings. The highest BCUT2D eigenvalue weighted by molar-refractivity contribution is 5.01. The van der Waals surface area contributed by atoms with Crippen LogP contribution in [0.1, 0.15) is 33.6 Å². The Kier molecular flexibility index (Phi) is 1.33. The van der Waals surface area contributed by atoms with Gasteiger partial charge in [0, 0.05) is 0 Å². The number of rotatable bonds is 1. The highest BCUT2D eigenvalue weighted by atomic mass is 14.6. The average Bonchev–Trinajstić information content (AvgIpc) is 2.40. The van der Waals surface area contributed by atoms with Gasteiger partial charge in [0.05, 0.1) is 0 Å². The summed E-state index contributed by atoms with van der Waals surface area (Å²) in [5.74, 6) is 5.37. The molecule has 0 nitrogen and oxygen atoms in total. The second-order valence-electron chi connectivity index (χ2n) is 4.59. The van der Waals surface area contributed by atoms with E-state index in [4.69, 9.17) is 0 Å².